The van der Waals surface area contributed by atoms with Gasteiger partial charge >= 0.3 is 17.9 Å². The molecule has 464 valence electrons. The van der Waals surface area contributed by atoms with E-state index in [1.807, 2.05) is 0 Å². The molecule has 0 N–H and O–H groups in total. The van der Waals surface area contributed by atoms with Crippen molar-refractivity contribution in [1.82, 2.24) is 0 Å². The van der Waals surface area contributed by atoms with Gasteiger partial charge in [-0.1, -0.05) is 282 Å². The average Bonchev–Trinajstić information content (AvgIpc) is 3.47. The van der Waals surface area contributed by atoms with Gasteiger partial charge in [0.25, 0.3) is 0 Å². The van der Waals surface area contributed by atoms with Crippen LogP contribution in [0.5, 0.6) is 0 Å². The number of carbonyl (C=O) groups excluding carboxylic acids is 3. The SMILES string of the molecule is CC/C=C\C/C=C\C/C=C\C/C=C\C/C=C\C/C=C\CCCCCCCCCCCCC(=O)OCC(COC(=O)CCCCCCC/C=C\C/C=C\CCCCCC)OC(=O)CCCCCCCC/C=C\C/C=C\C/C=C\C/C=C\CC. The third-order valence-corrected chi connectivity index (χ3v) is 14.1. The number of hydrogen-bond donors (Lipinski definition) is 0. The molecule has 6 heteroatoms. The molecule has 0 saturated heterocycles. The number of rotatable bonds is 60. The monoisotopic (exact) mass is 1130 g/mol. The van der Waals surface area contributed by atoms with Gasteiger partial charge in [0.05, 0.1) is 0 Å². The van der Waals surface area contributed by atoms with Crippen molar-refractivity contribution in [2.75, 3.05) is 13.2 Å². The van der Waals surface area contributed by atoms with Crippen LogP contribution in [0, 0.1) is 0 Å². The number of ether oxygens (including phenoxy) is 3. The number of unbranched alkanes of at least 4 members (excludes halogenated alkanes) is 25. The molecule has 0 heterocycles. The highest BCUT2D eigenvalue weighted by molar-refractivity contribution is 5.71. The second-order valence-electron chi connectivity index (χ2n) is 22.0. The van der Waals surface area contributed by atoms with Gasteiger partial charge in [0.2, 0.25) is 0 Å². The van der Waals surface area contributed by atoms with Gasteiger partial charge in [-0.15, -0.1) is 0 Å². The third kappa shape index (κ3) is 66.1. The van der Waals surface area contributed by atoms with Crippen LogP contribution in [-0.2, 0) is 28.6 Å². The normalized spacial score (nSPS) is 13.1. The molecule has 0 saturated carbocycles. The van der Waals surface area contributed by atoms with E-state index in [0.29, 0.717) is 19.3 Å². The second kappa shape index (κ2) is 68.8. The molecule has 0 bridgehead atoms. The Balaban J connectivity index is 4.39. The third-order valence-electron chi connectivity index (χ3n) is 14.1. The molecular formula is C76H124O6. The van der Waals surface area contributed by atoms with Gasteiger partial charge < -0.3 is 14.2 Å². The Bertz CT molecular complexity index is 1780. The summed E-state index contributed by atoms with van der Waals surface area (Å²) < 4.78 is 16.9. The molecule has 0 spiro atoms. The molecule has 0 aliphatic heterocycles. The van der Waals surface area contributed by atoms with E-state index in [1.165, 1.54) is 96.3 Å². The van der Waals surface area contributed by atoms with Crippen molar-refractivity contribution in [3.8, 4) is 0 Å². The molecular weight excluding hydrogens is 1010 g/mol. The van der Waals surface area contributed by atoms with E-state index in [2.05, 4.69) is 167 Å². The fraction of sp³-hybridized carbons (Fsp3) is 0.645. The molecule has 0 aliphatic carbocycles. The van der Waals surface area contributed by atoms with Crippen molar-refractivity contribution < 1.29 is 28.6 Å². The highest BCUT2D eigenvalue weighted by Gasteiger charge is 2.19. The van der Waals surface area contributed by atoms with Gasteiger partial charge in [-0.3, -0.25) is 14.4 Å². The van der Waals surface area contributed by atoms with E-state index >= 15 is 0 Å². The molecule has 0 aromatic rings. The van der Waals surface area contributed by atoms with Gasteiger partial charge in [0.1, 0.15) is 13.2 Å². The molecule has 0 fully saturated rings. The topological polar surface area (TPSA) is 78.9 Å². The fourth-order valence-electron chi connectivity index (χ4n) is 9.06. The molecule has 82 heavy (non-hydrogen) atoms. The second-order valence-corrected chi connectivity index (χ2v) is 22.0. The maximum Gasteiger partial charge on any atom is 0.306 e. The molecule has 0 aliphatic rings. The zero-order valence-corrected chi connectivity index (χ0v) is 53.2. The standard InChI is InChI=1S/C76H124O6/c1-4-7-10-13-16-19-22-25-28-31-33-34-35-36-37-38-39-40-41-42-44-45-48-51-54-57-60-63-66-69-75(78)81-72-73(71-80-74(77)68-65-62-59-56-53-50-47-30-27-24-21-18-15-12-9-6-3)82-76(79)70-67-64-61-58-55-52-49-46-43-32-29-26-23-20-17-14-11-8-5-2/h7-8,10-11,16-17,19-21,24-26,28-30,33-34,36-37,39-40,43,46-47,73H,4-6,9,12-15,18,22-23,27,31-32,35,38,41-42,44-45,48-72H2,1-3H3/b10-7-,11-8-,19-16-,20-17-,24-21-,28-25-,29-26-,34-33-,37-36-,40-39-,46-43-,47-30-. The number of allylic oxidation sites excluding steroid dienone is 24. The number of esters is 3. The summed E-state index contributed by atoms with van der Waals surface area (Å²) in [4.78, 5) is 38.4. The molecule has 0 aromatic heterocycles. The summed E-state index contributed by atoms with van der Waals surface area (Å²) >= 11 is 0. The first-order valence-electron chi connectivity index (χ1n) is 33.8. The maximum atomic E-state index is 12.9. The number of carbonyl (C=O) groups is 3. The van der Waals surface area contributed by atoms with Gasteiger partial charge in [0, 0.05) is 19.3 Å². The summed E-state index contributed by atoms with van der Waals surface area (Å²) in [5, 5.41) is 0. The van der Waals surface area contributed by atoms with Crippen LogP contribution in [-0.4, -0.2) is 37.2 Å². The fourth-order valence-corrected chi connectivity index (χ4v) is 9.06. The van der Waals surface area contributed by atoms with E-state index < -0.39 is 6.10 Å². The Hall–Kier alpha value is -4.71. The summed E-state index contributed by atoms with van der Waals surface area (Å²) in [6, 6.07) is 0. The Kier molecular flexibility index (Phi) is 64.8. The van der Waals surface area contributed by atoms with Crippen LogP contribution < -0.4 is 0 Å². The Labute approximate surface area is 506 Å². The highest BCUT2D eigenvalue weighted by Crippen LogP contribution is 2.15. The van der Waals surface area contributed by atoms with Gasteiger partial charge in [-0.05, 0) is 141 Å². The van der Waals surface area contributed by atoms with Crippen molar-refractivity contribution in [2.45, 2.75) is 303 Å². The minimum Gasteiger partial charge on any atom is -0.462 e. The molecule has 1 atom stereocenters. The van der Waals surface area contributed by atoms with Gasteiger partial charge in [0.15, 0.2) is 6.10 Å². The predicted molar refractivity (Wildman–Crippen MR) is 357 cm³/mol. The molecule has 6 nitrogen and oxygen atoms in total. The minimum atomic E-state index is -0.801. The quantitative estimate of drug-likeness (QED) is 0.0261. The van der Waals surface area contributed by atoms with Gasteiger partial charge in [-0.25, -0.2) is 0 Å². The molecule has 0 aromatic carbocycles. The average molecular weight is 1130 g/mol. The zero-order valence-electron chi connectivity index (χ0n) is 53.2. The van der Waals surface area contributed by atoms with Crippen molar-refractivity contribution >= 4 is 17.9 Å². The molecule has 1 unspecified atom stereocenters. The summed E-state index contributed by atoms with van der Waals surface area (Å²) in [6.45, 7) is 6.38. The lowest BCUT2D eigenvalue weighted by Gasteiger charge is -2.18. The Morgan fingerprint density at radius 3 is 0.744 bits per heavy atom. The number of hydrogen-bond acceptors (Lipinski definition) is 6. The van der Waals surface area contributed by atoms with Gasteiger partial charge in [-0.2, -0.15) is 0 Å². The zero-order chi connectivity index (χ0) is 59.2. The van der Waals surface area contributed by atoms with E-state index in [1.54, 1.807) is 0 Å². The minimum absolute atomic E-state index is 0.0949. The van der Waals surface area contributed by atoms with Crippen molar-refractivity contribution in [3.63, 3.8) is 0 Å². The molecule has 0 rings (SSSR count). The molecule has 0 radical (unpaired) electrons. The van der Waals surface area contributed by atoms with E-state index in [4.69, 9.17) is 14.2 Å². The van der Waals surface area contributed by atoms with Crippen LogP contribution >= 0.6 is 0 Å². The van der Waals surface area contributed by atoms with Crippen LogP contribution in [0.2, 0.25) is 0 Å². The Morgan fingerprint density at radius 2 is 0.476 bits per heavy atom. The smallest absolute Gasteiger partial charge is 0.306 e. The summed E-state index contributed by atoms with van der Waals surface area (Å²) in [5.41, 5.74) is 0. The van der Waals surface area contributed by atoms with Crippen LogP contribution in [0.1, 0.15) is 297 Å². The summed E-state index contributed by atoms with van der Waals surface area (Å²) in [6.07, 6.45) is 98.5. The van der Waals surface area contributed by atoms with E-state index in [0.717, 1.165) is 161 Å². The predicted octanol–water partition coefficient (Wildman–Crippen LogP) is 23.5. The highest BCUT2D eigenvalue weighted by atomic mass is 16.6. The lowest BCUT2D eigenvalue weighted by molar-refractivity contribution is -0.167. The van der Waals surface area contributed by atoms with Crippen LogP contribution in [0.15, 0.2) is 146 Å². The first-order chi connectivity index (χ1) is 40.5. The van der Waals surface area contributed by atoms with Crippen LogP contribution in [0.4, 0.5) is 0 Å². The summed E-state index contributed by atoms with van der Waals surface area (Å²) in [7, 11) is 0. The first-order valence-corrected chi connectivity index (χ1v) is 33.8. The largest absolute Gasteiger partial charge is 0.462 e. The van der Waals surface area contributed by atoms with E-state index in [-0.39, 0.29) is 31.1 Å². The van der Waals surface area contributed by atoms with Crippen molar-refractivity contribution in [2.24, 2.45) is 0 Å². The molecule has 0 amide bonds. The van der Waals surface area contributed by atoms with E-state index in [9.17, 15) is 14.4 Å². The first kappa shape index (κ1) is 77.3. The van der Waals surface area contributed by atoms with Crippen molar-refractivity contribution in [1.29, 1.82) is 0 Å². The lowest BCUT2D eigenvalue weighted by atomic mass is 10.1. The van der Waals surface area contributed by atoms with Crippen LogP contribution in [0.25, 0.3) is 0 Å². The maximum absolute atomic E-state index is 12.9. The lowest BCUT2D eigenvalue weighted by Crippen LogP contribution is -2.30. The summed E-state index contributed by atoms with van der Waals surface area (Å²) in [5.74, 6) is -0.923. The van der Waals surface area contributed by atoms with Crippen molar-refractivity contribution in [3.05, 3.63) is 146 Å². The Morgan fingerprint density at radius 1 is 0.256 bits per heavy atom. The van der Waals surface area contributed by atoms with Crippen LogP contribution in [0.3, 0.4) is 0 Å².